The van der Waals surface area contributed by atoms with Gasteiger partial charge in [0.2, 0.25) is 5.91 Å². The Bertz CT molecular complexity index is 454. The molecular weight excluding hydrogens is 261 g/mol. The fourth-order valence-corrected chi connectivity index (χ4v) is 1.62. The highest BCUT2D eigenvalue weighted by Crippen LogP contribution is 2.17. The molecule has 20 heavy (non-hydrogen) atoms. The number of nitrogens with two attached hydrogens (primary N) is 1. The number of benzene rings is 1. The Morgan fingerprint density at radius 3 is 2.90 bits per heavy atom. The monoisotopic (exact) mass is 283 g/mol. The zero-order valence-corrected chi connectivity index (χ0v) is 12.1. The third kappa shape index (κ3) is 4.79. The largest absolute Gasteiger partial charge is 0.399 e. The number of likely N-dealkylation sites (N-methyl/N-ethyl adjacent to an activating group) is 1. The van der Waals surface area contributed by atoms with Gasteiger partial charge >= 0.3 is 0 Å². The molecule has 1 atom stereocenters. The van der Waals surface area contributed by atoms with Crippen LogP contribution in [-0.2, 0) is 9.53 Å². The molecule has 1 rings (SSSR count). The quantitative estimate of drug-likeness (QED) is 0.590. The predicted octanol–water partition coefficient (Wildman–Crippen LogP) is 1.70. The molecule has 3 N–H and O–H groups in total. The van der Waals surface area contributed by atoms with Crippen molar-refractivity contribution in [1.29, 1.82) is 0 Å². The van der Waals surface area contributed by atoms with Crippen LogP contribution in [-0.4, -0.2) is 43.7 Å². The Balaban J connectivity index is 2.58. The first-order valence-corrected chi connectivity index (χ1v) is 6.59. The third-order valence-corrected chi connectivity index (χ3v) is 3.08. The van der Waals surface area contributed by atoms with Crippen LogP contribution in [0.2, 0.25) is 0 Å². The number of hydrogen-bond acceptors (Lipinski definition) is 4. The summed E-state index contributed by atoms with van der Waals surface area (Å²) in [7, 11) is 1.82. The van der Waals surface area contributed by atoms with E-state index in [0.717, 1.165) is 0 Å². The summed E-state index contributed by atoms with van der Waals surface area (Å²) in [5.74, 6) is -0.787. The minimum atomic E-state index is -0.503. The molecular formula is C14H22FN3O2. The summed E-state index contributed by atoms with van der Waals surface area (Å²) >= 11 is 0. The van der Waals surface area contributed by atoms with Crippen molar-refractivity contribution in [1.82, 2.24) is 4.90 Å². The van der Waals surface area contributed by atoms with E-state index in [1.165, 1.54) is 18.2 Å². The van der Waals surface area contributed by atoms with E-state index in [-0.39, 0.29) is 11.6 Å². The number of halogens is 1. The smallest absolute Gasteiger partial charge is 0.241 e. The van der Waals surface area contributed by atoms with Crippen LogP contribution in [0.3, 0.4) is 0 Å². The van der Waals surface area contributed by atoms with Gasteiger partial charge in [0.05, 0.1) is 18.3 Å². The first kappa shape index (κ1) is 16.4. The highest BCUT2D eigenvalue weighted by atomic mass is 19.1. The van der Waals surface area contributed by atoms with Gasteiger partial charge in [-0.3, -0.25) is 9.69 Å². The van der Waals surface area contributed by atoms with Gasteiger partial charge in [-0.2, -0.15) is 0 Å². The van der Waals surface area contributed by atoms with Gasteiger partial charge in [0.15, 0.2) is 0 Å². The van der Waals surface area contributed by atoms with Crippen molar-refractivity contribution in [3.05, 3.63) is 24.0 Å². The Morgan fingerprint density at radius 2 is 2.25 bits per heavy atom. The van der Waals surface area contributed by atoms with Gasteiger partial charge in [-0.1, -0.05) is 0 Å². The molecule has 112 valence electrons. The van der Waals surface area contributed by atoms with Gasteiger partial charge in [0.1, 0.15) is 5.82 Å². The molecule has 5 nitrogen and oxygen atoms in total. The van der Waals surface area contributed by atoms with Crippen molar-refractivity contribution in [3.63, 3.8) is 0 Å². The zero-order valence-electron chi connectivity index (χ0n) is 12.1. The number of amides is 1. The topological polar surface area (TPSA) is 67.6 Å². The second kappa shape index (κ2) is 7.81. The SMILES string of the molecule is CCOCCN(C)C(C)C(=O)Nc1cc(N)ccc1F. The summed E-state index contributed by atoms with van der Waals surface area (Å²) in [6, 6.07) is 3.69. The van der Waals surface area contributed by atoms with Crippen LogP contribution in [0.5, 0.6) is 0 Å². The Kier molecular flexibility index (Phi) is 6.41. The molecule has 0 heterocycles. The molecule has 0 aliphatic carbocycles. The summed E-state index contributed by atoms with van der Waals surface area (Å²) in [6.45, 7) is 5.49. The molecule has 0 spiro atoms. The number of nitrogen functional groups attached to an aromatic ring is 1. The Labute approximate surface area is 118 Å². The van der Waals surface area contributed by atoms with Crippen LogP contribution in [0, 0.1) is 5.82 Å². The number of carbonyl (C=O) groups excluding carboxylic acids is 1. The molecule has 0 radical (unpaired) electrons. The van der Waals surface area contributed by atoms with E-state index in [9.17, 15) is 9.18 Å². The molecule has 0 aliphatic heterocycles. The lowest BCUT2D eigenvalue weighted by molar-refractivity contribution is -0.120. The number of nitrogens with one attached hydrogen (secondary N) is 1. The first-order valence-electron chi connectivity index (χ1n) is 6.59. The van der Waals surface area contributed by atoms with Crippen molar-refractivity contribution >= 4 is 17.3 Å². The van der Waals surface area contributed by atoms with Gasteiger partial charge in [-0.25, -0.2) is 4.39 Å². The fourth-order valence-electron chi connectivity index (χ4n) is 1.62. The molecule has 1 aromatic carbocycles. The maximum Gasteiger partial charge on any atom is 0.241 e. The fraction of sp³-hybridized carbons (Fsp3) is 0.500. The summed E-state index contributed by atoms with van der Waals surface area (Å²) in [4.78, 5) is 13.9. The maximum absolute atomic E-state index is 13.5. The van der Waals surface area contributed by atoms with Crippen molar-refractivity contribution in [3.8, 4) is 0 Å². The number of ether oxygens (including phenoxy) is 1. The molecule has 1 unspecified atom stereocenters. The summed E-state index contributed by atoms with van der Waals surface area (Å²) in [5, 5.41) is 2.55. The number of anilines is 2. The second-order valence-electron chi connectivity index (χ2n) is 4.58. The van der Waals surface area contributed by atoms with Gasteiger partial charge < -0.3 is 15.8 Å². The molecule has 0 saturated carbocycles. The van der Waals surface area contributed by atoms with Crippen LogP contribution in [0.1, 0.15) is 13.8 Å². The molecule has 1 amide bonds. The molecule has 1 aromatic rings. The Morgan fingerprint density at radius 1 is 1.55 bits per heavy atom. The number of hydrogen-bond donors (Lipinski definition) is 2. The minimum Gasteiger partial charge on any atom is -0.399 e. The van der Waals surface area contributed by atoms with Gasteiger partial charge in [-0.15, -0.1) is 0 Å². The lowest BCUT2D eigenvalue weighted by Crippen LogP contribution is -2.41. The Hall–Kier alpha value is -1.66. The van der Waals surface area contributed by atoms with E-state index in [1.54, 1.807) is 6.92 Å². The molecule has 0 saturated heterocycles. The van der Waals surface area contributed by atoms with Crippen LogP contribution < -0.4 is 11.1 Å². The molecule has 0 aliphatic rings. The van der Waals surface area contributed by atoms with Crippen molar-refractivity contribution in [2.75, 3.05) is 37.9 Å². The van der Waals surface area contributed by atoms with E-state index in [1.807, 2.05) is 18.9 Å². The van der Waals surface area contributed by atoms with Crippen LogP contribution >= 0.6 is 0 Å². The number of carbonyl (C=O) groups is 1. The lowest BCUT2D eigenvalue weighted by Gasteiger charge is -2.23. The highest BCUT2D eigenvalue weighted by molar-refractivity contribution is 5.95. The van der Waals surface area contributed by atoms with E-state index < -0.39 is 11.9 Å². The normalized spacial score (nSPS) is 12.4. The maximum atomic E-state index is 13.5. The lowest BCUT2D eigenvalue weighted by atomic mass is 10.2. The number of rotatable bonds is 7. The van der Waals surface area contributed by atoms with Gasteiger partial charge in [0, 0.05) is 18.8 Å². The highest BCUT2D eigenvalue weighted by Gasteiger charge is 2.19. The zero-order chi connectivity index (χ0) is 15.1. The average molecular weight is 283 g/mol. The van der Waals surface area contributed by atoms with E-state index in [4.69, 9.17) is 10.5 Å². The van der Waals surface area contributed by atoms with E-state index in [0.29, 0.717) is 25.4 Å². The predicted molar refractivity (Wildman–Crippen MR) is 78.0 cm³/mol. The third-order valence-electron chi connectivity index (χ3n) is 3.08. The number of nitrogens with zero attached hydrogens (tertiary/aromatic N) is 1. The van der Waals surface area contributed by atoms with Crippen LogP contribution in [0.25, 0.3) is 0 Å². The van der Waals surface area contributed by atoms with Crippen LogP contribution in [0.4, 0.5) is 15.8 Å². The van der Waals surface area contributed by atoms with Crippen LogP contribution in [0.15, 0.2) is 18.2 Å². The van der Waals surface area contributed by atoms with E-state index in [2.05, 4.69) is 5.32 Å². The summed E-state index contributed by atoms with van der Waals surface area (Å²) < 4.78 is 18.8. The van der Waals surface area contributed by atoms with Crippen molar-refractivity contribution in [2.24, 2.45) is 0 Å². The summed E-state index contributed by atoms with van der Waals surface area (Å²) in [5.41, 5.74) is 6.07. The minimum absolute atomic E-state index is 0.0973. The molecule has 6 heteroatoms. The van der Waals surface area contributed by atoms with Gasteiger partial charge in [0.25, 0.3) is 0 Å². The standard InChI is InChI=1S/C14H22FN3O2/c1-4-20-8-7-18(3)10(2)14(19)17-13-9-11(16)5-6-12(13)15/h5-6,9-10H,4,7-8,16H2,1-3H3,(H,17,19). The summed E-state index contributed by atoms with van der Waals surface area (Å²) in [6.07, 6.45) is 0. The molecule has 0 bridgehead atoms. The average Bonchev–Trinajstić information content (AvgIpc) is 2.42. The van der Waals surface area contributed by atoms with Crippen molar-refractivity contribution in [2.45, 2.75) is 19.9 Å². The van der Waals surface area contributed by atoms with Gasteiger partial charge in [-0.05, 0) is 39.1 Å². The molecule has 0 fully saturated rings. The molecule has 0 aromatic heterocycles. The van der Waals surface area contributed by atoms with E-state index >= 15 is 0 Å². The second-order valence-corrected chi connectivity index (χ2v) is 4.58. The van der Waals surface area contributed by atoms with Crippen molar-refractivity contribution < 1.29 is 13.9 Å². The first-order chi connectivity index (χ1) is 9.45.